The summed E-state index contributed by atoms with van der Waals surface area (Å²) in [6, 6.07) is 0. The number of aliphatic imine (C=N–C) groups is 1. The molecule has 100 valence electrons. The molecule has 1 aromatic rings. The Balaban J connectivity index is 1.65. The molecular weight excluding hydrogens is 244 g/mol. The molecule has 1 aromatic heterocycles. The van der Waals surface area contributed by atoms with E-state index in [-0.39, 0.29) is 5.54 Å². The van der Waals surface area contributed by atoms with Crippen molar-refractivity contribution in [2.24, 2.45) is 4.99 Å². The highest BCUT2D eigenvalue weighted by molar-refractivity contribution is 8.13. The first kappa shape index (κ1) is 13.5. The summed E-state index contributed by atoms with van der Waals surface area (Å²) in [4.78, 5) is 8.67. The summed E-state index contributed by atoms with van der Waals surface area (Å²) in [6.45, 7) is 6.43. The molecule has 5 heteroatoms. The van der Waals surface area contributed by atoms with Gasteiger partial charge in [-0.1, -0.05) is 11.8 Å². The number of hydrogen-bond acceptors (Lipinski definition) is 3. The van der Waals surface area contributed by atoms with E-state index in [1.54, 1.807) is 0 Å². The van der Waals surface area contributed by atoms with Gasteiger partial charge in [0.1, 0.15) is 0 Å². The second-order valence-corrected chi connectivity index (χ2v) is 6.39. The van der Waals surface area contributed by atoms with E-state index in [1.165, 1.54) is 12.2 Å². The largest absolute Gasteiger partial charge is 0.360 e. The number of imidazole rings is 1. The number of nitrogens with one attached hydrogen (secondary N) is 1. The average molecular weight is 266 g/mol. The molecule has 2 heterocycles. The van der Waals surface area contributed by atoms with Crippen LogP contribution in [0.1, 0.15) is 33.1 Å². The lowest BCUT2D eigenvalue weighted by atomic mass is 10.0. The summed E-state index contributed by atoms with van der Waals surface area (Å²) >= 11 is 1.84. The quantitative estimate of drug-likeness (QED) is 0.833. The Kier molecular flexibility index (Phi) is 4.69. The molecule has 2 rings (SSSR count). The Morgan fingerprint density at radius 2 is 2.39 bits per heavy atom. The molecule has 1 aliphatic rings. The van der Waals surface area contributed by atoms with Crippen LogP contribution in [0.25, 0.3) is 0 Å². The third-order valence-corrected chi connectivity index (χ3v) is 3.96. The van der Waals surface area contributed by atoms with E-state index in [2.05, 4.69) is 33.7 Å². The second kappa shape index (κ2) is 6.27. The van der Waals surface area contributed by atoms with Gasteiger partial charge in [-0.15, -0.1) is 0 Å². The van der Waals surface area contributed by atoms with Gasteiger partial charge in [-0.25, -0.2) is 4.98 Å². The van der Waals surface area contributed by atoms with E-state index < -0.39 is 0 Å². The zero-order valence-corrected chi connectivity index (χ0v) is 12.0. The van der Waals surface area contributed by atoms with Gasteiger partial charge < -0.3 is 9.88 Å². The highest BCUT2D eigenvalue weighted by atomic mass is 32.2. The Morgan fingerprint density at radius 3 is 3.11 bits per heavy atom. The summed E-state index contributed by atoms with van der Waals surface area (Å²) in [5.74, 6) is 1.17. The first-order valence-corrected chi connectivity index (χ1v) is 7.55. The van der Waals surface area contributed by atoms with E-state index >= 15 is 0 Å². The first-order chi connectivity index (χ1) is 8.66. The van der Waals surface area contributed by atoms with Gasteiger partial charge in [0.2, 0.25) is 0 Å². The molecule has 0 atom stereocenters. The summed E-state index contributed by atoms with van der Waals surface area (Å²) in [7, 11) is 0. The lowest BCUT2D eigenvalue weighted by molar-refractivity contribution is 0.446. The van der Waals surface area contributed by atoms with Crippen LogP contribution < -0.4 is 5.32 Å². The predicted octanol–water partition coefficient (Wildman–Crippen LogP) is 2.52. The van der Waals surface area contributed by atoms with Gasteiger partial charge in [0.05, 0.1) is 6.33 Å². The van der Waals surface area contributed by atoms with E-state index in [1.807, 2.05) is 30.5 Å². The molecule has 0 spiro atoms. The minimum absolute atomic E-state index is 0.209. The van der Waals surface area contributed by atoms with Crippen LogP contribution in [0.3, 0.4) is 0 Å². The van der Waals surface area contributed by atoms with Gasteiger partial charge in [-0.3, -0.25) is 4.99 Å². The van der Waals surface area contributed by atoms with E-state index in [4.69, 9.17) is 0 Å². The van der Waals surface area contributed by atoms with Gasteiger partial charge in [0.25, 0.3) is 0 Å². The zero-order valence-electron chi connectivity index (χ0n) is 11.2. The van der Waals surface area contributed by atoms with Gasteiger partial charge in [-0.2, -0.15) is 0 Å². The average Bonchev–Trinajstić information content (AvgIpc) is 2.80. The number of amidine groups is 1. The van der Waals surface area contributed by atoms with Crippen molar-refractivity contribution >= 4 is 16.9 Å². The van der Waals surface area contributed by atoms with E-state index in [0.717, 1.165) is 31.1 Å². The molecule has 0 aromatic carbocycles. The SMILES string of the molecule is CC1(C)CCSC(=NCCCCn2ccnc2)N1. The van der Waals surface area contributed by atoms with Crippen molar-refractivity contribution in [2.75, 3.05) is 12.3 Å². The van der Waals surface area contributed by atoms with Crippen LogP contribution in [0.2, 0.25) is 0 Å². The second-order valence-electron chi connectivity index (χ2n) is 5.30. The summed E-state index contributed by atoms with van der Waals surface area (Å²) in [5.41, 5.74) is 0.209. The van der Waals surface area contributed by atoms with Crippen molar-refractivity contribution in [1.82, 2.24) is 14.9 Å². The maximum atomic E-state index is 4.64. The van der Waals surface area contributed by atoms with Gasteiger partial charge in [0.15, 0.2) is 5.17 Å². The summed E-state index contributed by atoms with van der Waals surface area (Å²) in [6.07, 6.45) is 9.19. The Bertz CT molecular complexity index is 384. The van der Waals surface area contributed by atoms with Crippen LogP contribution in [0.5, 0.6) is 0 Å². The number of hydrogen-bond donors (Lipinski definition) is 1. The maximum absolute atomic E-state index is 4.64. The molecule has 4 nitrogen and oxygen atoms in total. The molecule has 0 bridgehead atoms. The van der Waals surface area contributed by atoms with Crippen molar-refractivity contribution in [3.05, 3.63) is 18.7 Å². The molecule has 1 fully saturated rings. The normalized spacial score (nSPS) is 20.9. The fourth-order valence-corrected chi connectivity index (χ4v) is 3.22. The van der Waals surface area contributed by atoms with Crippen molar-refractivity contribution < 1.29 is 0 Å². The Morgan fingerprint density at radius 1 is 1.50 bits per heavy atom. The standard InChI is InChI=1S/C13H22N4S/c1-13(2)5-10-18-12(16-13)15-6-3-4-8-17-9-7-14-11-17/h7,9,11H,3-6,8,10H2,1-2H3,(H,15,16). The molecule has 1 aliphatic heterocycles. The van der Waals surface area contributed by atoms with Crippen molar-refractivity contribution in [2.45, 2.75) is 45.2 Å². The number of aryl methyl sites for hydroxylation is 1. The lowest BCUT2D eigenvalue weighted by Gasteiger charge is -2.32. The molecule has 0 radical (unpaired) electrons. The van der Waals surface area contributed by atoms with Crippen molar-refractivity contribution in [1.29, 1.82) is 0 Å². The fraction of sp³-hybridized carbons (Fsp3) is 0.692. The molecule has 0 amide bonds. The molecular formula is C13H22N4S. The molecule has 0 saturated carbocycles. The Hall–Kier alpha value is -0.970. The lowest BCUT2D eigenvalue weighted by Crippen LogP contribution is -2.46. The van der Waals surface area contributed by atoms with Gasteiger partial charge >= 0.3 is 0 Å². The minimum Gasteiger partial charge on any atom is -0.360 e. The Labute approximate surface area is 113 Å². The molecule has 0 aliphatic carbocycles. The number of unbranched alkanes of at least 4 members (excludes halogenated alkanes) is 1. The van der Waals surface area contributed by atoms with Crippen molar-refractivity contribution in [3.8, 4) is 0 Å². The van der Waals surface area contributed by atoms with Crippen LogP contribution in [0.15, 0.2) is 23.7 Å². The highest BCUT2D eigenvalue weighted by Gasteiger charge is 2.23. The van der Waals surface area contributed by atoms with Crippen LogP contribution >= 0.6 is 11.8 Å². The van der Waals surface area contributed by atoms with Crippen LogP contribution in [0.4, 0.5) is 0 Å². The zero-order chi connectivity index (χ0) is 12.8. The summed E-state index contributed by atoms with van der Waals surface area (Å²) in [5, 5.41) is 4.61. The van der Waals surface area contributed by atoms with Crippen LogP contribution in [0, 0.1) is 0 Å². The smallest absolute Gasteiger partial charge is 0.156 e. The fourth-order valence-electron chi connectivity index (χ4n) is 1.88. The number of rotatable bonds is 5. The van der Waals surface area contributed by atoms with Crippen LogP contribution in [-0.2, 0) is 6.54 Å². The molecule has 0 unspecified atom stereocenters. The van der Waals surface area contributed by atoms with E-state index in [9.17, 15) is 0 Å². The van der Waals surface area contributed by atoms with Crippen molar-refractivity contribution in [3.63, 3.8) is 0 Å². The minimum atomic E-state index is 0.209. The highest BCUT2D eigenvalue weighted by Crippen LogP contribution is 2.21. The number of aromatic nitrogens is 2. The number of thioether (sulfide) groups is 1. The third kappa shape index (κ3) is 4.37. The van der Waals surface area contributed by atoms with Crippen LogP contribution in [-0.4, -0.2) is 32.6 Å². The summed E-state index contributed by atoms with van der Waals surface area (Å²) < 4.78 is 2.11. The third-order valence-electron chi connectivity index (χ3n) is 3.05. The predicted molar refractivity (Wildman–Crippen MR) is 78.1 cm³/mol. The molecule has 18 heavy (non-hydrogen) atoms. The number of nitrogens with zero attached hydrogens (tertiary/aromatic N) is 3. The topological polar surface area (TPSA) is 42.2 Å². The first-order valence-electron chi connectivity index (χ1n) is 6.57. The monoisotopic (exact) mass is 266 g/mol. The molecule has 1 saturated heterocycles. The molecule has 1 N–H and O–H groups in total. The van der Waals surface area contributed by atoms with Gasteiger partial charge in [-0.05, 0) is 33.1 Å². The van der Waals surface area contributed by atoms with E-state index in [0.29, 0.717) is 0 Å². The van der Waals surface area contributed by atoms with Gasteiger partial charge in [0, 0.05) is 36.8 Å². The maximum Gasteiger partial charge on any atom is 0.156 e.